The summed E-state index contributed by atoms with van der Waals surface area (Å²) in [7, 11) is 0. The highest BCUT2D eigenvalue weighted by molar-refractivity contribution is 6.33. The Balaban J connectivity index is 2.67. The third-order valence-electron chi connectivity index (χ3n) is 2.77. The van der Waals surface area contributed by atoms with Gasteiger partial charge in [-0.25, -0.2) is 0 Å². The number of rotatable bonds is 1. The molecule has 0 saturated carbocycles. The van der Waals surface area contributed by atoms with Crippen LogP contribution in [0.4, 0.5) is 0 Å². The Morgan fingerprint density at radius 1 is 1.00 bits per heavy atom. The quantitative estimate of drug-likeness (QED) is 0.768. The fraction of sp³-hybridized carbons (Fsp3) is 0.0667. The number of nitrogens with zero attached hydrogens (tertiary/aromatic N) is 2. The molecule has 2 rings (SSSR count). The van der Waals surface area contributed by atoms with Gasteiger partial charge in [0.1, 0.15) is 12.1 Å². The van der Waals surface area contributed by atoms with Gasteiger partial charge in [0.25, 0.3) is 0 Å². The molecule has 2 aromatic rings. The van der Waals surface area contributed by atoms with Crippen LogP contribution < -0.4 is 0 Å². The second-order valence-corrected chi connectivity index (χ2v) is 4.32. The van der Waals surface area contributed by atoms with Crippen molar-refractivity contribution in [2.45, 2.75) is 6.92 Å². The molecule has 0 unspecified atom stereocenters. The molecule has 0 aliphatic rings. The fourth-order valence-electron chi connectivity index (χ4n) is 1.89. The molecule has 0 amide bonds. The van der Waals surface area contributed by atoms with Crippen molar-refractivity contribution in [3.05, 3.63) is 58.1 Å². The van der Waals surface area contributed by atoms with Crippen LogP contribution in [0.1, 0.15) is 16.7 Å². The van der Waals surface area contributed by atoms with Crippen molar-refractivity contribution < 1.29 is 0 Å². The van der Waals surface area contributed by atoms with E-state index in [1.165, 1.54) is 0 Å². The summed E-state index contributed by atoms with van der Waals surface area (Å²) < 4.78 is 0. The summed E-state index contributed by atoms with van der Waals surface area (Å²) in [5, 5.41) is 18.6. The van der Waals surface area contributed by atoms with Crippen LogP contribution >= 0.6 is 11.6 Å². The molecule has 0 aliphatic heterocycles. The third kappa shape index (κ3) is 2.07. The minimum absolute atomic E-state index is 0.370. The normalized spacial score (nSPS) is 9.56. The molecule has 0 spiro atoms. The maximum Gasteiger partial charge on any atom is 0.101 e. The summed E-state index contributed by atoms with van der Waals surface area (Å²) in [5.74, 6) is 0. The molecule has 0 aliphatic carbocycles. The summed E-state index contributed by atoms with van der Waals surface area (Å²) >= 11 is 6.19. The van der Waals surface area contributed by atoms with Gasteiger partial charge in [0.2, 0.25) is 0 Å². The molecule has 0 radical (unpaired) electrons. The van der Waals surface area contributed by atoms with Crippen LogP contribution in [0.3, 0.4) is 0 Å². The number of benzene rings is 2. The minimum atomic E-state index is 0.370. The monoisotopic (exact) mass is 252 g/mol. The van der Waals surface area contributed by atoms with E-state index in [-0.39, 0.29) is 0 Å². The smallest absolute Gasteiger partial charge is 0.101 e. The Hall–Kier alpha value is -2.29. The van der Waals surface area contributed by atoms with E-state index >= 15 is 0 Å². The average molecular weight is 253 g/mol. The van der Waals surface area contributed by atoms with Gasteiger partial charge in [-0.05, 0) is 36.2 Å². The molecule has 3 heteroatoms. The zero-order valence-corrected chi connectivity index (χ0v) is 10.5. The lowest BCUT2D eigenvalue weighted by molar-refractivity contribution is 1.41. The van der Waals surface area contributed by atoms with E-state index in [2.05, 4.69) is 0 Å². The van der Waals surface area contributed by atoms with Crippen molar-refractivity contribution >= 4 is 11.6 Å². The third-order valence-corrected chi connectivity index (χ3v) is 3.09. The summed E-state index contributed by atoms with van der Waals surface area (Å²) in [6.45, 7) is 1.96. The van der Waals surface area contributed by atoms with Gasteiger partial charge < -0.3 is 0 Å². The van der Waals surface area contributed by atoms with E-state index in [1.807, 2.05) is 43.3 Å². The van der Waals surface area contributed by atoms with Crippen LogP contribution in [-0.2, 0) is 0 Å². The van der Waals surface area contributed by atoms with E-state index in [0.717, 1.165) is 16.7 Å². The number of aryl methyl sites for hydroxylation is 1. The van der Waals surface area contributed by atoms with Crippen molar-refractivity contribution in [2.75, 3.05) is 0 Å². The first-order chi connectivity index (χ1) is 8.67. The highest BCUT2D eigenvalue weighted by atomic mass is 35.5. The Kier molecular flexibility index (Phi) is 3.33. The maximum atomic E-state index is 9.03. The zero-order chi connectivity index (χ0) is 13.1. The van der Waals surface area contributed by atoms with E-state index < -0.39 is 0 Å². The van der Waals surface area contributed by atoms with Gasteiger partial charge in [0.05, 0.1) is 11.1 Å². The Labute approximate surface area is 111 Å². The molecule has 0 bridgehead atoms. The van der Waals surface area contributed by atoms with Crippen molar-refractivity contribution in [3.8, 4) is 23.3 Å². The first-order valence-corrected chi connectivity index (χ1v) is 5.75. The molecule has 0 atom stereocenters. The minimum Gasteiger partial charge on any atom is -0.192 e. The van der Waals surface area contributed by atoms with Gasteiger partial charge in [0, 0.05) is 10.6 Å². The van der Waals surface area contributed by atoms with Crippen LogP contribution in [0.2, 0.25) is 5.02 Å². The molecule has 0 N–H and O–H groups in total. The molecule has 0 fully saturated rings. The summed E-state index contributed by atoms with van der Waals surface area (Å²) in [5.41, 5.74) is 3.55. The molecule has 18 heavy (non-hydrogen) atoms. The predicted molar refractivity (Wildman–Crippen MR) is 71.1 cm³/mol. The highest BCUT2D eigenvalue weighted by Gasteiger charge is 2.09. The average Bonchev–Trinajstić information content (AvgIpc) is 2.38. The van der Waals surface area contributed by atoms with E-state index in [4.69, 9.17) is 22.1 Å². The largest absolute Gasteiger partial charge is 0.192 e. The van der Waals surface area contributed by atoms with Crippen molar-refractivity contribution in [3.63, 3.8) is 0 Å². The lowest BCUT2D eigenvalue weighted by atomic mass is 9.97. The lowest BCUT2D eigenvalue weighted by Crippen LogP contribution is -1.89. The first kappa shape index (κ1) is 12.2. The maximum absolute atomic E-state index is 9.03. The second-order valence-electron chi connectivity index (χ2n) is 3.92. The molecular weight excluding hydrogens is 244 g/mol. The molecule has 0 heterocycles. The number of halogens is 1. The molecule has 0 aromatic heterocycles. The molecule has 2 nitrogen and oxygen atoms in total. The molecule has 0 saturated heterocycles. The summed E-state index contributed by atoms with van der Waals surface area (Å²) in [4.78, 5) is 0. The molecular formula is C15H9ClN2. The Morgan fingerprint density at radius 2 is 1.72 bits per heavy atom. The Bertz CT molecular complexity index is 670. The Morgan fingerprint density at radius 3 is 2.33 bits per heavy atom. The molecule has 86 valence electrons. The van der Waals surface area contributed by atoms with Crippen LogP contribution in [0.15, 0.2) is 36.4 Å². The van der Waals surface area contributed by atoms with Crippen molar-refractivity contribution in [1.82, 2.24) is 0 Å². The SMILES string of the molecule is Cc1cccc(Cl)c1-c1ccc(C#N)c(C#N)c1. The second kappa shape index (κ2) is 4.92. The number of nitriles is 2. The van der Waals surface area contributed by atoms with Crippen LogP contribution in [0.25, 0.3) is 11.1 Å². The van der Waals surface area contributed by atoms with E-state index in [1.54, 1.807) is 12.1 Å². The van der Waals surface area contributed by atoms with Gasteiger partial charge in [-0.3, -0.25) is 0 Å². The standard InChI is InChI=1S/C15H9ClN2/c1-10-3-2-4-14(16)15(10)11-5-6-12(8-17)13(7-11)9-18/h2-7H,1H3. The predicted octanol–water partition coefficient (Wildman–Crippen LogP) is 4.06. The molecule has 2 aromatic carbocycles. The van der Waals surface area contributed by atoms with Crippen LogP contribution in [-0.4, -0.2) is 0 Å². The van der Waals surface area contributed by atoms with Crippen LogP contribution in [0, 0.1) is 29.6 Å². The van der Waals surface area contributed by atoms with Crippen molar-refractivity contribution in [2.24, 2.45) is 0 Å². The van der Waals surface area contributed by atoms with Crippen molar-refractivity contribution in [1.29, 1.82) is 10.5 Å². The summed E-state index contributed by atoms with van der Waals surface area (Å²) in [6, 6.07) is 14.9. The van der Waals surface area contributed by atoms with Gasteiger partial charge in [-0.1, -0.05) is 29.8 Å². The van der Waals surface area contributed by atoms with E-state index in [9.17, 15) is 0 Å². The number of hydrogen-bond acceptors (Lipinski definition) is 2. The van der Waals surface area contributed by atoms with Gasteiger partial charge in [-0.2, -0.15) is 10.5 Å². The highest BCUT2D eigenvalue weighted by Crippen LogP contribution is 2.31. The van der Waals surface area contributed by atoms with Gasteiger partial charge in [0.15, 0.2) is 0 Å². The van der Waals surface area contributed by atoms with Crippen LogP contribution in [0.5, 0.6) is 0 Å². The lowest BCUT2D eigenvalue weighted by Gasteiger charge is -2.09. The van der Waals surface area contributed by atoms with Gasteiger partial charge >= 0.3 is 0 Å². The summed E-state index contributed by atoms with van der Waals surface area (Å²) in [6.07, 6.45) is 0. The fourth-order valence-corrected chi connectivity index (χ4v) is 2.22. The van der Waals surface area contributed by atoms with Gasteiger partial charge in [-0.15, -0.1) is 0 Å². The van der Waals surface area contributed by atoms with E-state index in [0.29, 0.717) is 16.1 Å². The topological polar surface area (TPSA) is 47.6 Å². The first-order valence-electron chi connectivity index (χ1n) is 5.37. The zero-order valence-electron chi connectivity index (χ0n) is 9.74. The number of hydrogen-bond donors (Lipinski definition) is 0.